The second-order valence-corrected chi connectivity index (χ2v) is 5.77. The van der Waals surface area contributed by atoms with E-state index in [0.717, 1.165) is 18.4 Å². The Morgan fingerprint density at radius 2 is 2.00 bits per heavy atom. The van der Waals surface area contributed by atoms with E-state index in [-0.39, 0.29) is 11.9 Å². The van der Waals surface area contributed by atoms with Crippen molar-refractivity contribution in [2.24, 2.45) is 5.73 Å². The van der Waals surface area contributed by atoms with Crippen LogP contribution < -0.4 is 5.73 Å². The highest BCUT2D eigenvalue weighted by molar-refractivity contribution is 9.10. The summed E-state index contributed by atoms with van der Waals surface area (Å²) in [4.78, 5) is 0. The highest BCUT2D eigenvalue weighted by Crippen LogP contribution is 2.35. The number of hydrogen-bond acceptors (Lipinski definition) is 1. The molecule has 2 N–H and O–H groups in total. The van der Waals surface area contributed by atoms with E-state index in [1.165, 1.54) is 6.07 Å². The Morgan fingerprint density at radius 1 is 1.35 bits per heavy atom. The van der Waals surface area contributed by atoms with E-state index >= 15 is 0 Å². The average Bonchev–Trinajstić information content (AvgIpc) is 2.28. The van der Waals surface area contributed by atoms with E-state index in [1.54, 1.807) is 12.1 Å². The zero-order valence-corrected chi connectivity index (χ0v) is 11.1. The molecule has 0 aliphatic heterocycles. The summed E-state index contributed by atoms with van der Waals surface area (Å²) in [7, 11) is 0. The molecule has 4 heteroatoms. The fourth-order valence-electron chi connectivity index (χ4n) is 2.35. The maximum Gasteiger partial charge on any atom is 0.137 e. The standard InChI is InChI=1S/C13H16BrF2N/c14-11-7-9(1-2-12(11)15)8-13(16)5-3-10(17)4-6-13/h1-2,7,10H,3-6,8,17H2. The van der Waals surface area contributed by atoms with Crippen LogP contribution in [0.5, 0.6) is 0 Å². The number of hydrogen-bond donors (Lipinski definition) is 1. The number of benzene rings is 1. The third-order valence-electron chi connectivity index (χ3n) is 3.43. The SMILES string of the molecule is NC1CCC(F)(Cc2ccc(F)c(Br)c2)CC1. The Balaban J connectivity index is 2.07. The molecule has 0 amide bonds. The van der Waals surface area contributed by atoms with Crippen molar-refractivity contribution in [1.29, 1.82) is 0 Å². The van der Waals surface area contributed by atoms with Crippen LogP contribution in [0.3, 0.4) is 0 Å². The fourth-order valence-corrected chi connectivity index (χ4v) is 2.78. The van der Waals surface area contributed by atoms with Gasteiger partial charge in [-0.05, 0) is 59.3 Å². The molecule has 17 heavy (non-hydrogen) atoms. The van der Waals surface area contributed by atoms with Gasteiger partial charge in [0.15, 0.2) is 0 Å². The van der Waals surface area contributed by atoms with E-state index in [4.69, 9.17) is 5.73 Å². The molecule has 0 heterocycles. The van der Waals surface area contributed by atoms with E-state index in [0.29, 0.717) is 23.7 Å². The molecule has 1 nitrogen and oxygen atoms in total. The maximum absolute atomic E-state index is 14.5. The molecule has 1 aromatic carbocycles. The molecule has 0 atom stereocenters. The molecule has 0 saturated heterocycles. The van der Waals surface area contributed by atoms with Crippen LogP contribution in [0.15, 0.2) is 22.7 Å². The Labute approximate surface area is 109 Å². The molecule has 0 radical (unpaired) electrons. The second kappa shape index (κ2) is 5.02. The third kappa shape index (κ3) is 3.26. The van der Waals surface area contributed by atoms with Gasteiger partial charge in [0.2, 0.25) is 0 Å². The molecule has 1 aliphatic carbocycles. The Bertz CT molecular complexity index is 400. The lowest BCUT2D eigenvalue weighted by Gasteiger charge is -2.32. The maximum atomic E-state index is 14.5. The molecule has 0 unspecified atom stereocenters. The van der Waals surface area contributed by atoms with Gasteiger partial charge in [0.05, 0.1) is 4.47 Å². The van der Waals surface area contributed by atoms with Crippen LogP contribution in [0.4, 0.5) is 8.78 Å². The molecule has 94 valence electrons. The van der Waals surface area contributed by atoms with Crippen molar-refractivity contribution in [3.63, 3.8) is 0 Å². The van der Waals surface area contributed by atoms with Crippen molar-refractivity contribution in [3.8, 4) is 0 Å². The minimum absolute atomic E-state index is 0.138. The number of rotatable bonds is 2. The van der Waals surface area contributed by atoms with Crippen LogP contribution in [-0.2, 0) is 6.42 Å². The first-order chi connectivity index (χ1) is 7.98. The Hall–Kier alpha value is -0.480. The normalized spacial score (nSPS) is 29.3. The smallest absolute Gasteiger partial charge is 0.137 e. The van der Waals surface area contributed by atoms with Crippen molar-refractivity contribution in [1.82, 2.24) is 0 Å². The van der Waals surface area contributed by atoms with Crippen LogP contribution in [0.2, 0.25) is 0 Å². The van der Waals surface area contributed by atoms with Gasteiger partial charge in [-0.15, -0.1) is 0 Å². The largest absolute Gasteiger partial charge is 0.328 e. The molecule has 0 spiro atoms. The van der Waals surface area contributed by atoms with Gasteiger partial charge < -0.3 is 5.73 Å². The average molecular weight is 304 g/mol. The number of alkyl halides is 1. The van der Waals surface area contributed by atoms with Crippen molar-refractivity contribution in [3.05, 3.63) is 34.1 Å². The minimum atomic E-state index is -1.17. The van der Waals surface area contributed by atoms with Gasteiger partial charge in [0.1, 0.15) is 11.5 Å². The highest BCUT2D eigenvalue weighted by Gasteiger charge is 2.34. The highest BCUT2D eigenvalue weighted by atomic mass is 79.9. The monoisotopic (exact) mass is 303 g/mol. The predicted octanol–water partition coefficient (Wildman–Crippen LogP) is 3.74. The first kappa shape index (κ1) is 13.0. The van der Waals surface area contributed by atoms with E-state index < -0.39 is 5.67 Å². The van der Waals surface area contributed by atoms with Gasteiger partial charge in [0.25, 0.3) is 0 Å². The van der Waals surface area contributed by atoms with Gasteiger partial charge >= 0.3 is 0 Å². The number of halogens is 3. The van der Waals surface area contributed by atoms with Gasteiger partial charge in [0, 0.05) is 12.5 Å². The molecular weight excluding hydrogens is 288 g/mol. The molecule has 0 aromatic heterocycles. The lowest BCUT2D eigenvalue weighted by Crippen LogP contribution is -2.37. The quantitative estimate of drug-likeness (QED) is 0.885. The minimum Gasteiger partial charge on any atom is -0.328 e. The van der Waals surface area contributed by atoms with E-state index in [9.17, 15) is 8.78 Å². The topological polar surface area (TPSA) is 26.0 Å². The van der Waals surface area contributed by atoms with E-state index in [2.05, 4.69) is 15.9 Å². The van der Waals surface area contributed by atoms with Gasteiger partial charge in [-0.2, -0.15) is 0 Å². The molecule has 1 fully saturated rings. The molecule has 0 bridgehead atoms. The van der Waals surface area contributed by atoms with Gasteiger partial charge in [-0.25, -0.2) is 8.78 Å². The van der Waals surface area contributed by atoms with Crippen LogP contribution in [-0.4, -0.2) is 11.7 Å². The zero-order valence-electron chi connectivity index (χ0n) is 9.56. The summed E-state index contributed by atoms with van der Waals surface area (Å²) in [5.41, 5.74) is 5.43. The Kier molecular flexibility index (Phi) is 3.83. The molecular formula is C13H16BrF2N. The summed E-state index contributed by atoms with van der Waals surface area (Å²) in [6, 6.07) is 4.82. The summed E-state index contributed by atoms with van der Waals surface area (Å²) in [5, 5.41) is 0. The second-order valence-electron chi connectivity index (χ2n) is 4.91. The summed E-state index contributed by atoms with van der Waals surface area (Å²) in [6.45, 7) is 0. The van der Waals surface area contributed by atoms with Crippen molar-refractivity contribution in [2.45, 2.75) is 43.8 Å². The molecule has 1 saturated carbocycles. The van der Waals surface area contributed by atoms with E-state index in [1.807, 2.05) is 0 Å². The van der Waals surface area contributed by atoms with Crippen LogP contribution >= 0.6 is 15.9 Å². The first-order valence-corrected chi connectivity index (χ1v) is 6.66. The molecule has 1 aliphatic rings. The van der Waals surface area contributed by atoms with Crippen molar-refractivity contribution in [2.75, 3.05) is 0 Å². The van der Waals surface area contributed by atoms with Crippen molar-refractivity contribution >= 4 is 15.9 Å². The fraction of sp³-hybridized carbons (Fsp3) is 0.538. The first-order valence-electron chi connectivity index (χ1n) is 5.87. The lowest BCUT2D eigenvalue weighted by molar-refractivity contribution is 0.0994. The van der Waals surface area contributed by atoms with Gasteiger partial charge in [-0.3, -0.25) is 0 Å². The lowest BCUT2D eigenvalue weighted by atomic mass is 9.80. The molecule has 2 rings (SSSR count). The number of nitrogens with two attached hydrogens (primary N) is 1. The predicted molar refractivity (Wildman–Crippen MR) is 68.1 cm³/mol. The third-order valence-corrected chi connectivity index (χ3v) is 4.04. The van der Waals surface area contributed by atoms with Crippen LogP contribution in [0, 0.1) is 5.82 Å². The molecule has 1 aromatic rings. The summed E-state index contributed by atoms with van der Waals surface area (Å²) >= 11 is 3.12. The van der Waals surface area contributed by atoms with Gasteiger partial charge in [-0.1, -0.05) is 6.07 Å². The Morgan fingerprint density at radius 3 is 2.59 bits per heavy atom. The zero-order chi connectivity index (χ0) is 12.5. The summed E-state index contributed by atoms with van der Waals surface area (Å²) in [6.07, 6.45) is 2.82. The van der Waals surface area contributed by atoms with Crippen LogP contribution in [0.1, 0.15) is 31.2 Å². The van der Waals surface area contributed by atoms with Crippen LogP contribution in [0.25, 0.3) is 0 Å². The summed E-state index contributed by atoms with van der Waals surface area (Å²) < 4.78 is 28.0. The summed E-state index contributed by atoms with van der Waals surface area (Å²) in [5.74, 6) is -0.313. The van der Waals surface area contributed by atoms with Crippen molar-refractivity contribution < 1.29 is 8.78 Å².